The molecule has 0 radical (unpaired) electrons. The molecule has 5 nitrogen and oxygen atoms in total. The highest BCUT2D eigenvalue weighted by Crippen LogP contribution is 1.97. The maximum absolute atomic E-state index is 11.5. The number of aromatic nitrogens is 2. The second kappa shape index (κ2) is 6.76. The van der Waals surface area contributed by atoms with Crippen molar-refractivity contribution < 1.29 is 4.79 Å². The lowest BCUT2D eigenvalue weighted by Crippen LogP contribution is -2.26. The number of hydrogen-bond donors (Lipinski definition) is 2. The first-order valence-electron chi connectivity index (χ1n) is 5.58. The van der Waals surface area contributed by atoms with Crippen LogP contribution in [-0.4, -0.2) is 22.6 Å². The summed E-state index contributed by atoms with van der Waals surface area (Å²) in [4.78, 5) is 22.2. The summed E-state index contributed by atoms with van der Waals surface area (Å²) in [5.74, 6) is -0.243. The lowest BCUT2D eigenvalue weighted by atomic mass is 10.2. The molecule has 1 amide bonds. The Kier molecular flexibility index (Phi) is 5.25. The summed E-state index contributed by atoms with van der Waals surface area (Å²) in [5, 5.41) is 8.62. The fourth-order valence-corrected chi connectivity index (χ4v) is 1.32. The van der Waals surface area contributed by atoms with Crippen molar-refractivity contribution in [2.24, 2.45) is 0 Å². The van der Waals surface area contributed by atoms with Crippen LogP contribution in [0.25, 0.3) is 0 Å². The molecule has 1 rings (SSSR count). The van der Waals surface area contributed by atoms with Crippen LogP contribution in [0.15, 0.2) is 16.9 Å². The molecule has 0 unspecified atom stereocenters. The summed E-state index contributed by atoms with van der Waals surface area (Å²) < 4.78 is 0. The van der Waals surface area contributed by atoms with Crippen molar-refractivity contribution in [3.05, 3.63) is 28.2 Å². The van der Waals surface area contributed by atoms with E-state index in [2.05, 4.69) is 22.4 Å². The molecule has 1 heterocycles. The minimum atomic E-state index is -0.306. The van der Waals surface area contributed by atoms with Crippen molar-refractivity contribution >= 4 is 5.91 Å². The molecule has 0 aliphatic heterocycles. The Morgan fingerprint density at radius 1 is 1.38 bits per heavy atom. The average molecular weight is 223 g/mol. The van der Waals surface area contributed by atoms with Crippen LogP contribution in [0.5, 0.6) is 0 Å². The van der Waals surface area contributed by atoms with Gasteiger partial charge in [0, 0.05) is 12.6 Å². The molecule has 5 heteroatoms. The van der Waals surface area contributed by atoms with Crippen LogP contribution >= 0.6 is 0 Å². The van der Waals surface area contributed by atoms with E-state index in [1.807, 2.05) is 0 Å². The normalized spacial score (nSPS) is 10.1. The van der Waals surface area contributed by atoms with Crippen LogP contribution in [0.1, 0.15) is 43.1 Å². The zero-order valence-corrected chi connectivity index (χ0v) is 9.45. The fourth-order valence-electron chi connectivity index (χ4n) is 1.32. The van der Waals surface area contributed by atoms with Crippen LogP contribution < -0.4 is 10.9 Å². The van der Waals surface area contributed by atoms with Gasteiger partial charge in [-0.25, -0.2) is 5.10 Å². The molecule has 2 N–H and O–H groups in total. The highest BCUT2D eigenvalue weighted by atomic mass is 16.2. The molecule has 1 aromatic heterocycles. The fraction of sp³-hybridized carbons (Fsp3) is 0.545. The number of carbonyl (C=O) groups excluding carboxylic acids is 1. The van der Waals surface area contributed by atoms with Crippen molar-refractivity contribution in [2.45, 2.75) is 32.6 Å². The van der Waals surface area contributed by atoms with E-state index in [9.17, 15) is 9.59 Å². The Morgan fingerprint density at radius 3 is 2.81 bits per heavy atom. The van der Waals surface area contributed by atoms with Gasteiger partial charge in [0.15, 0.2) is 0 Å². The number of H-pyrrole nitrogens is 1. The first-order chi connectivity index (χ1) is 7.74. The number of carbonyl (C=O) groups is 1. The summed E-state index contributed by atoms with van der Waals surface area (Å²) in [7, 11) is 0. The molecular weight excluding hydrogens is 206 g/mol. The summed E-state index contributed by atoms with van der Waals surface area (Å²) in [6.45, 7) is 2.79. The largest absolute Gasteiger partial charge is 0.351 e. The van der Waals surface area contributed by atoms with Crippen molar-refractivity contribution in [3.8, 4) is 0 Å². The number of amides is 1. The summed E-state index contributed by atoms with van der Waals surface area (Å²) in [6, 6.07) is 2.71. The van der Waals surface area contributed by atoms with Crippen molar-refractivity contribution in [1.29, 1.82) is 0 Å². The number of nitrogens with one attached hydrogen (secondary N) is 2. The van der Waals surface area contributed by atoms with E-state index < -0.39 is 0 Å². The van der Waals surface area contributed by atoms with Gasteiger partial charge in [0.05, 0.1) is 0 Å². The van der Waals surface area contributed by atoms with E-state index in [4.69, 9.17) is 0 Å². The minimum Gasteiger partial charge on any atom is -0.351 e. The topological polar surface area (TPSA) is 74.8 Å². The van der Waals surface area contributed by atoms with Gasteiger partial charge in [-0.05, 0) is 12.5 Å². The number of aromatic amines is 1. The molecule has 0 aliphatic carbocycles. The smallest absolute Gasteiger partial charge is 0.271 e. The Morgan fingerprint density at radius 2 is 2.19 bits per heavy atom. The van der Waals surface area contributed by atoms with Gasteiger partial charge in [-0.15, -0.1) is 0 Å². The van der Waals surface area contributed by atoms with Gasteiger partial charge in [-0.3, -0.25) is 9.59 Å². The van der Waals surface area contributed by atoms with Gasteiger partial charge in [0.25, 0.3) is 11.5 Å². The molecule has 1 aromatic rings. The quantitative estimate of drug-likeness (QED) is 0.709. The van der Waals surface area contributed by atoms with Crippen LogP contribution in [0.2, 0.25) is 0 Å². The van der Waals surface area contributed by atoms with E-state index in [0.29, 0.717) is 6.54 Å². The van der Waals surface area contributed by atoms with Crippen molar-refractivity contribution in [1.82, 2.24) is 15.5 Å². The molecule has 0 spiro atoms. The third-order valence-electron chi connectivity index (χ3n) is 2.23. The Hall–Kier alpha value is -1.65. The van der Waals surface area contributed by atoms with Crippen LogP contribution in [0, 0.1) is 0 Å². The molecule has 0 aromatic carbocycles. The summed E-state index contributed by atoms with van der Waals surface area (Å²) in [6.07, 6.45) is 4.46. The molecule has 16 heavy (non-hydrogen) atoms. The highest BCUT2D eigenvalue weighted by molar-refractivity contribution is 5.91. The molecule has 0 atom stereocenters. The Bertz CT molecular complexity index is 367. The maximum Gasteiger partial charge on any atom is 0.271 e. The Balaban J connectivity index is 2.30. The molecule has 0 saturated carbocycles. The molecule has 0 fully saturated rings. The zero-order valence-electron chi connectivity index (χ0n) is 9.45. The van der Waals surface area contributed by atoms with Crippen molar-refractivity contribution in [3.63, 3.8) is 0 Å². The number of hydrogen-bond acceptors (Lipinski definition) is 3. The van der Waals surface area contributed by atoms with E-state index >= 15 is 0 Å². The highest BCUT2D eigenvalue weighted by Gasteiger charge is 2.05. The lowest BCUT2D eigenvalue weighted by molar-refractivity contribution is 0.0947. The van der Waals surface area contributed by atoms with Gasteiger partial charge >= 0.3 is 0 Å². The van der Waals surface area contributed by atoms with Crippen LogP contribution in [0.3, 0.4) is 0 Å². The van der Waals surface area contributed by atoms with E-state index in [1.54, 1.807) is 0 Å². The average Bonchev–Trinajstić information content (AvgIpc) is 2.29. The van der Waals surface area contributed by atoms with Gasteiger partial charge in [-0.1, -0.05) is 26.2 Å². The molecule has 0 saturated heterocycles. The standard InChI is InChI=1S/C11H17N3O2/c1-2-3-4-5-8-12-11(16)9-6-7-10(15)14-13-9/h6-7H,2-5,8H2,1H3,(H,12,16)(H,14,15). The second-order valence-electron chi connectivity index (χ2n) is 3.62. The third-order valence-corrected chi connectivity index (χ3v) is 2.23. The second-order valence-corrected chi connectivity index (χ2v) is 3.62. The monoisotopic (exact) mass is 223 g/mol. The van der Waals surface area contributed by atoms with Crippen molar-refractivity contribution in [2.75, 3.05) is 6.54 Å². The first kappa shape index (κ1) is 12.4. The van der Waals surface area contributed by atoms with Gasteiger partial charge in [-0.2, -0.15) is 5.10 Å². The number of nitrogens with zero attached hydrogens (tertiary/aromatic N) is 1. The van der Waals surface area contributed by atoms with Gasteiger partial charge < -0.3 is 5.32 Å². The van der Waals surface area contributed by atoms with Crippen LogP contribution in [-0.2, 0) is 0 Å². The molecular formula is C11H17N3O2. The minimum absolute atomic E-state index is 0.243. The third kappa shape index (κ3) is 4.25. The maximum atomic E-state index is 11.5. The van der Waals surface area contributed by atoms with Gasteiger partial charge in [0.2, 0.25) is 0 Å². The predicted octanol–water partition coefficient (Wildman–Crippen LogP) is 1.08. The first-order valence-corrected chi connectivity index (χ1v) is 5.58. The SMILES string of the molecule is CCCCCCNC(=O)c1ccc(=O)[nH]n1. The summed E-state index contributed by atoms with van der Waals surface area (Å²) >= 11 is 0. The molecule has 0 bridgehead atoms. The number of unbranched alkanes of at least 4 members (excludes halogenated alkanes) is 3. The van der Waals surface area contributed by atoms with E-state index in [-0.39, 0.29) is 17.2 Å². The van der Waals surface area contributed by atoms with Gasteiger partial charge in [0.1, 0.15) is 5.69 Å². The van der Waals surface area contributed by atoms with E-state index in [0.717, 1.165) is 12.8 Å². The molecule has 0 aliphatic rings. The number of rotatable bonds is 6. The lowest BCUT2D eigenvalue weighted by Gasteiger charge is -2.03. The summed E-state index contributed by atoms with van der Waals surface area (Å²) in [5.41, 5.74) is -0.0606. The predicted molar refractivity (Wildman–Crippen MR) is 61.3 cm³/mol. The Labute approximate surface area is 94.3 Å². The zero-order chi connectivity index (χ0) is 11.8. The van der Waals surface area contributed by atoms with E-state index in [1.165, 1.54) is 25.0 Å². The van der Waals surface area contributed by atoms with Crippen LogP contribution in [0.4, 0.5) is 0 Å². The molecule has 88 valence electrons.